The second kappa shape index (κ2) is 5.24. The summed E-state index contributed by atoms with van der Waals surface area (Å²) < 4.78 is 3.69. The molecule has 0 aliphatic carbocycles. The number of ketones is 1. The second-order valence-corrected chi connectivity index (χ2v) is 5.36. The van der Waals surface area contributed by atoms with Crippen molar-refractivity contribution in [1.82, 2.24) is 18.7 Å². The molecule has 0 aliphatic rings. The van der Waals surface area contributed by atoms with Crippen LogP contribution in [0.15, 0.2) is 9.59 Å². The van der Waals surface area contributed by atoms with Gasteiger partial charge in [-0.3, -0.25) is 18.7 Å². The van der Waals surface area contributed by atoms with Gasteiger partial charge in [0.1, 0.15) is 11.6 Å². The molecule has 2 rings (SSSR count). The van der Waals surface area contributed by atoms with Crippen molar-refractivity contribution < 1.29 is 4.79 Å². The summed E-state index contributed by atoms with van der Waals surface area (Å²) in [6.45, 7) is 1.05. The highest BCUT2D eigenvalue weighted by Crippen LogP contribution is 2.09. The minimum Gasteiger partial charge on any atom is -0.393 e. The van der Waals surface area contributed by atoms with Gasteiger partial charge in [0.25, 0.3) is 5.56 Å². The lowest BCUT2D eigenvalue weighted by Gasteiger charge is -2.06. The number of fused-ring (bicyclic) bond motifs is 1. The molecule has 0 saturated carbocycles. The average molecular weight is 309 g/mol. The Balaban J connectivity index is 2.86. The van der Waals surface area contributed by atoms with E-state index in [1.165, 1.54) is 18.5 Å². The van der Waals surface area contributed by atoms with Gasteiger partial charge in [-0.25, -0.2) is 9.78 Å². The quantitative estimate of drug-likeness (QED) is 0.715. The van der Waals surface area contributed by atoms with E-state index < -0.39 is 11.2 Å². The van der Waals surface area contributed by atoms with Crippen LogP contribution in [0, 0.1) is 0 Å². The lowest BCUT2D eigenvalue weighted by atomic mass is 10.4. The van der Waals surface area contributed by atoms with Crippen LogP contribution in [0.3, 0.4) is 0 Å². The van der Waals surface area contributed by atoms with Gasteiger partial charge < -0.3 is 10.3 Å². The zero-order chi connectivity index (χ0) is 15.9. The van der Waals surface area contributed by atoms with E-state index in [9.17, 15) is 14.4 Å². The number of imidazole rings is 1. The summed E-state index contributed by atoms with van der Waals surface area (Å²) in [6.07, 6.45) is 0.223. The van der Waals surface area contributed by atoms with Gasteiger partial charge in [-0.05, 0) is 6.92 Å². The molecule has 0 spiro atoms. The van der Waals surface area contributed by atoms with Crippen LogP contribution < -0.4 is 17.0 Å². The third-order valence-corrected chi connectivity index (χ3v) is 3.31. The summed E-state index contributed by atoms with van der Waals surface area (Å²) in [6, 6.07) is 0. The largest absolute Gasteiger partial charge is 0.393 e. The number of aromatic nitrogens is 4. The Morgan fingerprint density at radius 1 is 1.29 bits per heavy atom. The van der Waals surface area contributed by atoms with Crippen molar-refractivity contribution >= 4 is 34.2 Å². The Labute approximate surface area is 124 Å². The van der Waals surface area contributed by atoms with E-state index >= 15 is 0 Å². The Morgan fingerprint density at radius 3 is 2.43 bits per heavy atom. The van der Waals surface area contributed by atoms with Crippen molar-refractivity contribution in [3.05, 3.63) is 26.7 Å². The molecule has 0 amide bonds. The maximum Gasteiger partial charge on any atom is 0.332 e. The maximum atomic E-state index is 12.4. The van der Waals surface area contributed by atoms with E-state index in [-0.39, 0.29) is 34.9 Å². The molecule has 0 aliphatic heterocycles. The number of rotatable bonds is 4. The van der Waals surface area contributed by atoms with E-state index in [4.69, 9.17) is 18.0 Å². The van der Waals surface area contributed by atoms with Crippen LogP contribution in [0.4, 0.5) is 0 Å². The Hall–Kier alpha value is -2.29. The lowest BCUT2D eigenvalue weighted by molar-refractivity contribution is -0.117. The monoisotopic (exact) mass is 309 g/mol. The van der Waals surface area contributed by atoms with Crippen molar-refractivity contribution in [2.75, 3.05) is 0 Å². The molecule has 0 atom stereocenters. The van der Waals surface area contributed by atoms with Crippen LogP contribution in [0.2, 0.25) is 0 Å². The Morgan fingerprint density at radius 2 is 1.90 bits per heavy atom. The van der Waals surface area contributed by atoms with Gasteiger partial charge in [0, 0.05) is 14.1 Å². The smallest absolute Gasteiger partial charge is 0.332 e. The third-order valence-electron chi connectivity index (χ3n) is 3.17. The van der Waals surface area contributed by atoms with E-state index in [2.05, 4.69) is 4.98 Å². The number of aryl methyl sites for hydroxylation is 2. The fourth-order valence-electron chi connectivity index (χ4n) is 2.16. The molecule has 0 radical (unpaired) electrons. The molecule has 2 aromatic heterocycles. The highest BCUT2D eigenvalue weighted by Gasteiger charge is 2.19. The highest BCUT2D eigenvalue weighted by atomic mass is 32.1. The summed E-state index contributed by atoms with van der Waals surface area (Å²) >= 11 is 4.84. The van der Waals surface area contributed by atoms with Gasteiger partial charge in [0.05, 0.1) is 18.0 Å². The Bertz CT molecular complexity index is 874. The van der Waals surface area contributed by atoms with Crippen molar-refractivity contribution in [2.45, 2.75) is 19.9 Å². The second-order valence-electron chi connectivity index (χ2n) is 4.84. The predicted octanol–water partition coefficient (Wildman–Crippen LogP) is -1.15. The van der Waals surface area contributed by atoms with Gasteiger partial charge >= 0.3 is 5.69 Å². The summed E-state index contributed by atoms with van der Waals surface area (Å²) in [5.41, 5.74) is 4.86. The third kappa shape index (κ3) is 2.51. The number of hydrogen-bond acceptors (Lipinski definition) is 5. The van der Waals surface area contributed by atoms with Gasteiger partial charge in [-0.15, -0.1) is 0 Å². The van der Waals surface area contributed by atoms with E-state index in [0.717, 1.165) is 4.57 Å². The summed E-state index contributed by atoms with van der Waals surface area (Å²) in [5, 5.41) is 0. The van der Waals surface area contributed by atoms with Crippen LogP contribution in [0.25, 0.3) is 11.2 Å². The van der Waals surface area contributed by atoms with Gasteiger partial charge in [-0.2, -0.15) is 0 Å². The predicted molar refractivity (Wildman–Crippen MR) is 81.4 cm³/mol. The number of nitrogens with zero attached hydrogens (tertiary/aromatic N) is 4. The van der Waals surface area contributed by atoms with Crippen molar-refractivity contribution in [2.24, 2.45) is 19.8 Å². The Kier molecular flexibility index (Phi) is 3.77. The van der Waals surface area contributed by atoms with Crippen LogP contribution >= 0.6 is 12.2 Å². The van der Waals surface area contributed by atoms with Crippen LogP contribution in [-0.2, 0) is 31.9 Å². The van der Waals surface area contributed by atoms with Gasteiger partial charge in [0.2, 0.25) is 0 Å². The van der Waals surface area contributed by atoms with Crippen molar-refractivity contribution in [3.8, 4) is 0 Å². The number of hydrogen-bond donors (Lipinski definition) is 1. The molecule has 2 aromatic rings. The first kappa shape index (κ1) is 15.1. The number of carbonyl (C=O) groups is 1. The SMILES string of the molecule is CC(=O)Cn1c(=O)c2c(nc(CC(N)=S)n2C)n(C)c1=O. The molecule has 2 heterocycles. The normalized spacial score (nSPS) is 11.0. The molecule has 2 N–H and O–H groups in total. The fraction of sp³-hybridized carbons (Fsp3) is 0.417. The number of carbonyl (C=O) groups excluding carboxylic acids is 1. The number of thiocarbonyl (C=S) groups is 1. The zero-order valence-corrected chi connectivity index (χ0v) is 12.7. The van der Waals surface area contributed by atoms with Gasteiger partial charge in [0.15, 0.2) is 11.2 Å². The van der Waals surface area contributed by atoms with E-state index in [1.807, 2.05) is 0 Å². The van der Waals surface area contributed by atoms with Crippen LogP contribution in [-0.4, -0.2) is 29.5 Å². The fourth-order valence-corrected chi connectivity index (χ4v) is 2.29. The molecular formula is C12H15N5O3S. The highest BCUT2D eigenvalue weighted by molar-refractivity contribution is 7.80. The molecule has 0 bridgehead atoms. The maximum absolute atomic E-state index is 12.4. The number of nitrogens with two attached hydrogens (primary N) is 1. The minimum atomic E-state index is -0.581. The van der Waals surface area contributed by atoms with Crippen molar-refractivity contribution in [3.63, 3.8) is 0 Å². The summed E-state index contributed by atoms with van der Waals surface area (Å²) in [7, 11) is 3.14. The summed E-state index contributed by atoms with van der Waals surface area (Å²) in [5.74, 6) is 0.212. The molecular weight excluding hydrogens is 294 g/mol. The molecule has 0 aromatic carbocycles. The van der Waals surface area contributed by atoms with E-state index in [0.29, 0.717) is 5.82 Å². The zero-order valence-electron chi connectivity index (χ0n) is 11.9. The van der Waals surface area contributed by atoms with Gasteiger partial charge in [-0.1, -0.05) is 12.2 Å². The molecule has 9 heteroatoms. The first-order valence-corrected chi connectivity index (χ1v) is 6.57. The minimum absolute atomic E-state index is 0.223. The first-order valence-electron chi connectivity index (χ1n) is 6.17. The topological polar surface area (TPSA) is 105 Å². The number of Topliss-reactive ketones (excluding diaryl/α,β-unsaturated/α-hetero) is 1. The van der Waals surface area contributed by atoms with Crippen LogP contribution in [0.5, 0.6) is 0 Å². The lowest BCUT2D eigenvalue weighted by Crippen LogP contribution is -2.40. The molecule has 112 valence electrons. The van der Waals surface area contributed by atoms with Crippen molar-refractivity contribution in [1.29, 1.82) is 0 Å². The summed E-state index contributed by atoms with van der Waals surface area (Å²) in [4.78, 5) is 40.3. The first-order chi connectivity index (χ1) is 9.73. The average Bonchev–Trinajstić information content (AvgIpc) is 2.69. The standard InChI is InChI=1S/C12H15N5O3S/c1-6(18)5-17-11(19)9-10(16(3)12(17)20)14-8(15(9)2)4-7(13)21/h4-5H2,1-3H3,(H2,13,21). The molecule has 0 unspecified atom stereocenters. The van der Waals surface area contributed by atoms with Crippen LogP contribution in [0.1, 0.15) is 12.7 Å². The molecule has 21 heavy (non-hydrogen) atoms. The molecule has 0 fully saturated rings. The molecule has 0 saturated heterocycles. The van der Waals surface area contributed by atoms with E-state index in [1.54, 1.807) is 11.6 Å². The molecule has 8 nitrogen and oxygen atoms in total.